The number of rotatable bonds is 8. The van der Waals surface area contributed by atoms with Crippen LogP contribution >= 0.6 is 0 Å². The lowest BCUT2D eigenvalue weighted by atomic mass is 10.0. The number of carbonyl (C=O) groups is 4. The molecule has 0 aromatic carbocycles. The molecule has 0 saturated carbocycles. The van der Waals surface area contributed by atoms with E-state index in [1.807, 2.05) is 19.2 Å². The van der Waals surface area contributed by atoms with Gasteiger partial charge >= 0.3 is 12.1 Å². The lowest BCUT2D eigenvalue weighted by Crippen LogP contribution is -2.45. The molecule has 2 N–H and O–H groups in total. The summed E-state index contributed by atoms with van der Waals surface area (Å²) in [4.78, 5) is 46.3. The van der Waals surface area contributed by atoms with Gasteiger partial charge in [-0.1, -0.05) is 13.8 Å². The maximum atomic E-state index is 12.1. The molecule has 1 fully saturated rings. The number of carbonyl (C=O) groups excluding carboxylic acids is 4. The smallest absolute Gasteiger partial charge is 0.407 e. The molecule has 1 unspecified atom stereocenters. The molecule has 23 heavy (non-hydrogen) atoms. The highest BCUT2D eigenvalue weighted by Crippen LogP contribution is 2.12. The zero-order valence-electron chi connectivity index (χ0n) is 13.4. The van der Waals surface area contributed by atoms with Gasteiger partial charge in [-0.15, -0.1) is 0 Å². The van der Waals surface area contributed by atoms with Crippen molar-refractivity contribution in [3.05, 3.63) is 0 Å². The van der Waals surface area contributed by atoms with E-state index in [1.54, 1.807) is 0 Å². The van der Waals surface area contributed by atoms with Crippen LogP contribution < -0.4 is 10.6 Å². The molecule has 3 amide bonds. The highest BCUT2D eigenvalue weighted by molar-refractivity contribution is 6.05. The topological polar surface area (TPSA) is 120 Å². The van der Waals surface area contributed by atoms with Crippen LogP contribution in [-0.2, 0) is 28.6 Å². The minimum atomic E-state index is -1.16. The van der Waals surface area contributed by atoms with Gasteiger partial charge in [-0.05, 0) is 12.3 Å². The van der Waals surface area contributed by atoms with Crippen molar-refractivity contribution in [1.82, 2.24) is 10.6 Å². The second-order valence-electron chi connectivity index (χ2n) is 5.50. The maximum absolute atomic E-state index is 12.1. The first kappa shape index (κ1) is 18.9. The van der Waals surface area contributed by atoms with Crippen molar-refractivity contribution in [1.29, 1.82) is 0 Å². The zero-order chi connectivity index (χ0) is 17.4. The fourth-order valence-electron chi connectivity index (χ4n) is 1.93. The van der Waals surface area contributed by atoms with Gasteiger partial charge in [0.15, 0.2) is 6.10 Å². The monoisotopic (exact) mass is 330 g/mol. The number of ether oxygens (including phenoxy) is 3. The Morgan fingerprint density at radius 2 is 2.00 bits per heavy atom. The van der Waals surface area contributed by atoms with E-state index in [0.29, 0.717) is 6.42 Å². The molecule has 2 atom stereocenters. The molecule has 1 heterocycles. The van der Waals surface area contributed by atoms with Crippen LogP contribution in [0.25, 0.3) is 0 Å². The maximum Gasteiger partial charge on any atom is 0.407 e. The molecule has 1 aliphatic rings. The molecule has 1 aliphatic heterocycles. The van der Waals surface area contributed by atoms with E-state index in [0.717, 1.165) is 0 Å². The number of alkyl carbamates (subject to hydrolysis) is 1. The van der Waals surface area contributed by atoms with Gasteiger partial charge in [-0.25, -0.2) is 9.59 Å². The highest BCUT2D eigenvalue weighted by Gasteiger charge is 2.36. The SMILES string of the molecule is COCCOC(=O)N[C@@H](CC(C)C)C(=O)OC1CC(=O)NC1=O. The van der Waals surface area contributed by atoms with Gasteiger partial charge in [0, 0.05) is 7.11 Å². The summed E-state index contributed by atoms with van der Waals surface area (Å²) in [6.07, 6.45) is -1.84. The van der Waals surface area contributed by atoms with Crippen molar-refractivity contribution < 1.29 is 33.4 Å². The lowest BCUT2D eigenvalue weighted by Gasteiger charge is -2.20. The Kier molecular flexibility index (Phi) is 7.46. The standard InChI is InChI=1S/C14H22N2O7/c1-8(2)6-9(15-14(20)22-5-4-21-3)13(19)23-10-7-11(17)16-12(10)18/h8-10H,4-7H2,1-3H3,(H,15,20)(H,16,17,18)/t9-,10?/m0/s1. The van der Waals surface area contributed by atoms with Crippen molar-refractivity contribution in [3.8, 4) is 0 Å². The molecule has 0 aromatic rings. The van der Waals surface area contributed by atoms with Crippen LogP contribution in [-0.4, -0.2) is 56.3 Å². The second kappa shape index (κ2) is 9.09. The summed E-state index contributed by atoms with van der Waals surface area (Å²) in [7, 11) is 1.47. The number of hydrogen-bond donors (Lipinski definition) is 2. The second-order valence-corrected chi connectivity index (χ2v) is 5.50. The number of nitrogens with one attached hydrogen (secondary N) is 2. The highest BCUT2D eigenvalue weighted by atomic mass is 16.6. The summed E-state index contributed by atoms with van der Waals surface area (Å²) in [6, 6.07) is -0.964. The van der Waals surface area contributed by atoms with Gasteiger partial charge in [0.1, 0.15) is 12.6 Å². The number of hydrogen-bond acceptors (Lipinski definition) is 7. The molecule has 9 nitrogen and oxygen atoms in total. The predicted octanol–water partition coefficient (Wildman–Crippen LogP) is -0.268. The van der Waals surface area contributed by atoms with Crippen molar-refractivity contribution in [2.24, 2.45) is 5.92 Å². The first-order valence-electron chi connectivity index (χ1n) is 7.30. The zero-order valence-corrected chi connectivity index (χ0v) is 13.4. The van der Waals surface area contributed by atoms with Crippen LogP contribution in [0.15, 0.2) is 0 Å². The molecule has 0 bridgehead atoms. The van der Waals surface area contributed by atoms with E-state index in [9.17, 15) is 19.2 Å². The van der Waals surface area contributed by atoms with Crippen LogP contribution in [0.4, 0.5) is 4.79 Å². The number of methoxy groups -OCH3 is 1. The number of imide groups is 1. The van der Waals surface area contributed by atoms with E-state index in [2.05, 4.69) is 5.32 Å². The fraction of sp³-hybridized carbons (Fsp3) is 0.714. The summed E-state index contributed by atoms with van der Waals surface area (Å²) in [5.41, 5.74) is 0. The minimum absolute atomic E-state index is 0.0469. The first-order valence-corrected chi connectivity index (χ1v) is 7.30. The van der Waals surface area contributed by atoms with Crippen LogP contribution in [0.5, 0.6) is 0 Å². The predicted molar refractivity (Wildman–Crippen MR) is 77.2 cm³/mol. The molecular formula is C14H22N2O7. The largest absolute Gasteiger partial charge is 0.450 e. The normalized spacial score (nSPS) is 18.5. The molecule has 130 valence electrons. The summed E-state index contributed by atoms with van der Waals surface area (Å²) >= 11 is 0. The van der Waals surface area contributed by atoms with Crippen LogP contribution in [0, 0.1) is 5.92 Å². The molecular weight excluding hydrogens is 308 g/mol. The van der Waals surface area contributed by atoms with E-state index < -0.39 is 36.0 Å². The lowest BCUT2D eigenvalue weighted by molar-refractivity contribution is -0.156. The van der Waals surface area contributed by atoms with Gasteiger partial charge in [0.25, 0.3) is 5.91 Å². The molecule has 0 radical (unpaired) electrons. The third-order valence-electron chi connectivity index (χ3n) is 2.99. The average Bonchev–Trinajstić information content (AvgIpc) is 2.76. The molecule has 0 spiro atoms. The Morgan fingerprint density at radius 1 is 1.30 bits per heavy atom. The quantitative estimate of drug-likeness (QED) is 0.357. The van der Waals surface area contributed by atoms with Gasteiger partial charge in [-0.3, -0.25) is 14.9 Å². The first-order chi connectivity index (χ1) is 10.8. The Labute approximate surface area is 134 Å². The Bertz CT molecular complexity index is 464. The van der Waals surface area contributed by atoms with E-state index in [4.69, 9.17) is 14.2 Å². The fourth-order valence-corrected chi connectivity index (χ4v) is 1.93. The van der Waals surface area contributed by atoms with Crippen LogP contribution in [0.3, 0.4) is 0 Å². The van der Waals surface area contributed by atoms with Crippen LogP contribution in [0.1, 0.15) is 26.7 Å². The Morgan fingerprint density at radius 3 is 2.52 bits per heavy atom. The number of esters is 1. The summed E-state index contributed by atoms with van der Waals surface area (Å²) in [5, 5.41) is 4.45. The van der Waals surface area contributed by atoms with Gasteiger partial charge < -0.3 is 19.5 Å². The van der Waals surface area contributed by atoms with E-state index in [1.165, 1.54) is 7.11 Å². The van der Waals surface area contributed by atoms with E-state index in [-0.39, 0.29) is 25.6 Å². The average molecular weight is 330 g/mol. The van der Waals surface area contributed by atoms with Gasteiger partial charge in [0.05, 0.1) is 13.0 Å². The molecule has 1 rings (SSSR count). The van der Waals surface area contributed by atoms with Crippen molar-refractivity contribution >= 4 is 23.9 Å². The molecule has 0 aliphatic carbocycles. The third-order valence-corrected chi connectivity index (χ3v) is 2.99. The van der Waals surface area contributed by atoms with Gasteiger partial charge in [-0.2, -0.15) is 0 Å². The molecule has 0 aromatic heterocycles. The molecule has 9 heteroatoms. The summed E-state index contributed by atoms with van der Waals surface area (Å²) < 4.78 is 14.6. The minimum Gasteiger partial charge on any atom is -0.450 e. The third kappa shape index (κ3) is 6.64. The van der Waals surface area contributed by atoms with Crippen molar-refractivity contribution in [2.45, 2.75) is 38.8 Å². The van der Waals surface area contributed by atoms with Crippen molar-refractivity contribution in [2.75, 3.05) is 20.3 Å². The summed E-state index contributed by atoms with van der Waals surface area (Å²) in [5.74, 6) is -1.85. The Hall–Kier alpha value is -2.16. The number of amides is 3. The Balaban J connectivity index is 2.58. The van der Waals surface area contributed by atoms with Crippen LogP contribution in [0.2, 0.25) is 0 Å². The summed E-state index contributed by atoms with van der Waals surface area (Å²) in [6.45, 7) is 4.01. The van der Waals surface area contributed by atoms with Gasteiger partial charge in [0.2, 0.25) is 5.91 Å². The van der Waals surface area contributed by atoms with E-state index >= 15 is 0 Å². The molecule has 1 saturated heterocycles. The van der Waals surface area contributed by atoms with Crippen molar-refractivity contribution in [3.63, 3.8) is 0 Å².